The highest BCUT2D eigenvalue weighted by Crippen LogP contribution is 2.32. The van der Waals surface area contributed by atoms with Crippen LogP contribution in [0.25, 0.3) is 0 Å². The molecule has 3 nitrogen and oxygen atoms in total. The van der Waals surface area contributed by atoms with E-state index in [0.29, 0.717) is 33.7 Å². The molecule has 0 bridgehead atoms. The molecule has 0 atom stereocenters. The molecule has 0 aliphatic carbocycles. The SMILES string of the molecule is COc1ccc(COc2cccc(Cl)c2Cl)cc1C(N)=S. The Morgan fingerprint density at radius 3 is 2.62 bits per heavy atom. The lowest BCUT2D eigenvalue weighted by Crippen LogP contribution is -2.12. The molecule has 2 rings (SSSR count). The minimum absolute atomic E-state index is 0.273. The quantitative estimate of drug-likeness (QED) is 0.827. The number of benzene rings is 2. The molecule has 2 aromatic rings. The lowest BCUT2D eigenvalue weighted by atomic mass is 10.1. The van der Waals surface area contributed by atoms with Crippen LogP contribution in [0.2, 0.25) is 10.0 Å². The zero-order valence-corrected chi connectivity index (χ0v) is 13.6. The van der Waals surface area contributed by atoms with Gasteiger partial charge in [-0.15, -0.1) is 0 Å². The average Bonchev–Trinajstić information content (AvgIpc) is 2.48. The maximum atomic E-state index is 6.07. The molecule has 0 fully saturated rings. The number of thiocarbonyl (C=S) groups is 1. The van der Waals surface area contributed by atoms with Crippen molar-refractivity contribution in [2.75, 3.05) is 7.11 Å². The maximum absolute atomic E-state index is 6.07. The van der Waals surface area contributed by atoms with Gasteiger partial charge in [0, 0.05) is 0 Å². The third-order valence-corrected chi connectivity index (χ3v) is 3.86. The Balaban J connectivity index is 2.19. The largest absolute Gasteiger partial charge is 0.496 e. The van der Waals surface area contributed by atoms with Crippen LogP contribution in [-0.2, 0) is 6.61 Å². The topological polar surface area (TPSA) is 44.5 Å². The Morgan fingerprint density at radius 1 is 1.19 bits per heavy atom. The van der Waals surface area contributed by atoms with Crippen LogP contribution in [0.5, 0.6) is 11.5 Å². The number of hydrogen-bond donors (Lipinski definition) is 1. The van der Waals surface area contributed by atoms with Gasteiger partial charge < -0.3 is 15.2 Å². The Hall–Kier alpha value is -1.49. The summed E-state index contributed by atoms with van der Waals surface area (Å²) in [6, 6.07) is 10.7. The van der Waals surface area contributed by atoms with E-state index in [1.165, 1.54) is 0 Å². The van der Waals surface area contributed by atoms with Crippen LogP contribution in [-0.4, -0.2) is 12.1 Å². The van der Waals surface area contributed by atoms with Crippen molar-refractivity contribution in [2.45, 2.75) is 6.61 Å². The van der Waals surface area contributed by atoms with Crippen molar-refractivity contribution < 1.29 is 9.47 Å². The van der Waals surface area contributed by atoms with E-state index in [9.17, 15) is 0 Å². The lowest BCUT2D eigenvalue weighted by Gasteiger charge is -2.12. The Kier molecular flexibility index (Phi) is 5.28. The fourth-order valence-corrected chi connectivity index (χ4v) is 2.30. The first kappa shape index (κ1) is 15.9. The zero-order valence-electron chi connectivity index (χ0n) is 11.2. The third kappa shape index (κ3) is 3.79. The van der Waals surface area contributed by atoms with Crippen LogP contribution < -0.4 is 15.2 Å². The molecule has 0 radical (unpaired) electrons. The van der Waals surface area contributed by atoms with Gasteiger partial charge in [-0.25, -0.2) is 0 Å². The lowest BCUT2D eigenvalue weighted by molar-refractivity contribution is 0.306. The van der Waals surface area contributed by atoms with Gasteiger partial charge in [-0.1, -0.05) is 47.6 Å². The first-order chi connectivity index (χ1) is 10.0. The summed E-state index contributed by atoms with van der Waals surface area (Å²) in [5.74, 6) is 1.16. The van der Waals surface area contributed by atoms with Crippen molar-refractivity contribution >= 4 is 40.4 Å². The van der Waals surface area contributed by atoms with Crippen LogP contribution in [0, 0.1) is 0 Å². The molecule has 21 heavy (non-hydrogen) atoms. The second-order valence-corrected chi connectivity index (χ2v) is 5.46. The summed E-state index contributed by atoms with van der Waals surface area (Å²) in [6.45, 7) is 0.319. The van der Waals surface area contributed by atoms with E-state index in [-0.39, 0.29) is 4.99 Å². The standard InChI is InChI=1S/C15H13Cl2NO2S/c1-19-12-6-5-9(7-10(12)15(18)21)8-20-13-4-2-3-11(16)14(13)17/h2-7H,8H2,1H3,(H2,18,21). The minimum Gasteiger partial charge on any atom is -0.496 e. The fraction of sp³-hybridized carbons (Fsp3) is 0.133. The number of halogens is 2. The van der Waals surface area contributed by atoms with E-state index in [4.69, 9.17) is 50.6 Å². The van der Waals surface area contributed by atoms with Crippen molar-refractivity contribution in [3.63, 3.8) is 0 Å². The molecular weight excluding hydrogens is 329 g/mol. The average molecular weight is 342 g/mol. The summed E-state index contributed by atoms with van der Waals surface area (Å²) in [5.41, 5.74) is 7.25. The molecular formula is C15H13Cl2NO2S. The number of rotatable bonds is 5. The van der Waals surface area contributed by atoms with E-state index in [1.807, 2.05) is 12.1 Å². The van der Waals surface area contributed by atoms with Crippen LogP contribution in [0.3, 0.4) is 0 Å². The normalized spacial score (nSPS) is 10.2. The van der Waals surface area contributed by atoms with Crippen molar-refractivity contribution in [3.8, 4) is 11.5 Å². The number of hydrogen-bond acceptors (Lipinski definition) is 3. The molecule has 0 amide bonds. The van der Waals surface area contributed by atoms with Gasteiger partial charge in [0.05, 0.1) is 17.7 Å². The van der Waals surface area contributed by atoms with Gasteiger partial charge in [0.2, 0.25) is 0 Å². The molecule has 6 heteroatoms. The van der Waals surface area contributed by atoms with E-state index >= 15 is 0 Å². The Labute approximate surface area is 138 Å². The van der Waals surface area contributed by atoms with Crippen LogP contribution >= 0.6 is 35.4 Å². The maximum Gasteiger partial charge on any atom is 0.139 e. The van der Waals surface area contributed by atoms with Crippen molar-refractivity contribution in [1.82, 2.24) is 0 Å². The third-order valence-electron chi connectivity index (χ3n) is 2.84. The smallest absolute Gasteiger partial charge is 0.139 e. The number of methoxy groups -OCH3 is 1. The van der Waals surface area contributed by atoms with E-state index in [2.05, 4.69) is 0 Å². The Morgan fingerprint density at radius 2 is 1.95 bits per heavy atom. The van der Waals surface area contributed by atoms with Crippen LogP contribution in [0.4, 0.5) is 0 Å². The van der Waals surface area contributed by atoms with Crippen molar-refractivity contribution in [2.24, 2.45) is 5.73 Å². The van der Waals surface area contributed by atoms with Gasteiger partial charge in [0.25, 0.3) is 0 Å². The van der Waals surface area contributed by atoms with Gasteiger partial charge in [-0.3, -0.25) is 0 Å². The molecule has 0 aromatic heterocycles. The first-order valence-corrected chi connectivity index (χ1v) is 7.23. The van der Waals surface area contributed by atoms with Crippen LogP contribution in [0.1, 0.15) is 11.1 Å². The minimum atomic E-state index is 0.273. The van der Waals surface area contributed by atoms with Crippen LogP contribution in [0.15, 0.2) is 36.4 Å². The van der Waals surface area contributed by atoms with Gasteiger partial charge in [0.1, 0.15) is 28.1 Å². The predicted molar refractivity (Wildman–Crippen MR) is 89.7 cm³/mol. The van der Waals surface area contributed by atoms with Crippen molar-refractivity contribution in [3.05, 3.63) is 57.6 Å². The van der Waals surface area contributed by atoms with Gasteiger partial charge in [-0.2, -0.15) is 0 Å². The highest BCUT2D eigenvalue weighted by molar-refractivity contribution is 7.80. The fourth-order valence-electron chi connectivity index (χ4n) is 1.79. The molecule has 2 aromatic carbocycles. The number of ether oxygens (including phenoxy) is 2. The molecule has 0 spiro atoms. The molecule has 0 saturated heterocycles. The zero-order chi connectivity index (χ0) is 15.4. The van der Waals surface area contributed by atoms with Gasteiger partial charge >= 0.3 is 0 Å². The number of nitrogens with two attached hydrogens (primary N) is 1. The van der Waals surface area contributed by atoms with E-state index < -0.39 is 0 Å². The molecule has 0 saturated carbocycles. The first-order valence-electron chi connectivity index (χ1n) is 6.06. The monoisotopic (exact) mass is 341 g/mol. The van der Waals surface area contributed by atoms with Gasteiger partial charge in [0.15, 0.2) is 0 Å². The molecule has 0 aliphatic heterocycles. The highest BCUT2D eigenvalue weighted by Gasteiger charge is 2.09. The highest BCUT2D eigenvalue weighted by atomic mass is 35.5. The van der Waals surface area contributed by atoms with E-state index in [0.717, 1.165) is 5.56 Å². The summed E-state index contributed by atoms with van der Waals surface area (Å²) in [7, 11) is 1.57. The second-order valence-electron chi connectivity index (χ2n) is 4.24. The summed E-state index contributed by atoms with van der Waals surface area (Å²) < 4.78 is 10.9. The summed E-state index contributed by atoms with van der Waals surface area (Å²) in [5, 5.41) is 0.843. The second kappa shape index (κ2) is 6.98. The summed E-state index contributed by atoms with van der Waals surface area (Å²) in [4.78, 5) is 0.273. The van der Waals surface area contributed by atoms with E-state index in [1.54, 1.807) is 31.4 Å². The predicted octanol–water partition coefficient (Wildman–Crippen LogP) is 4.22. The molecule has 110 valence electrons. The summed E-state index contributed by atoms with van der Waals surface area (Å²) >= 11 is 17.0. The molecule has 2 N–H and O–H groups in total. The van der Waals surface area contributed by atoms with Crippen molar-refractivity contribution in [1.29, 1.82) is 0 Å². The summed E-state index contributed by atoms with van der Waals surface area (Å²) in [6.07, 6.45) is 0. The van der Waals surface area contributed by atoms with Gasteiger partial charge in [-0.05, 0) is 29.8 Å². The molecule has 0 heterocycles. The molecule has 0 aliphatic rings. The Bertz CT molecular complexity index is 677. The molecule has 0 unspecified atom stereocenters.